The number of hydrogen-bond acceptors (Lipinski definition) is 1. The fraction of sp³-hybridized carbons (Fsp3) is 0.375. The lowest BCUT2D eigenvalue weighted by Crippen LogP contribution is -1.99. The van der Waals surface area contributed by atoms with Gasteiger partial charge in [-0.05, 0) is 79.0 Å². The van der Waals surface area contributed by atoms with Crippen LogP contribution in [-0.4, -0.2) is 6.29 Å². The van der Waals surface area contributed by atoms with E-state index in [0.717, 1.165) is 25.5 Å². The molecule has 0 heterocycles. The van der Waals surface area contributed by atoms with E-state index in [4.69, 9.17) is 0 Å². The van der Waals surface area contributed by atoms with Crippen molar-refractivity contribution in [2.24, 2.45) is 0 Å². The molecule has 0 spiro atoms. The van der Waals surface area contributed by atoms with Crippen LogP contribution in [0.1, 0.15) is 59.2 Å². The highest BCUT2D eigenvalue weighted by Gasteiger charge is 2.15. The molecule has 0 unspecified atom stereocenters. The number of aryl methyl sites for hydroxylation is 5. The fourth-order valence-corrected chi connectivity index (χ4v) is 3.56. The highest BCUT2D eigenvalue weighted by Crippen LogP contribution is 2.32. The van der Waals surface area contributed by atoms with E-state index >= 15 is 0 Å². The predicted molar refractivity (Wildman–Crippen MR) is 108 cm³/mol. The summed E-state index contributed by atoms with van der Waals surface area (Å²) in [7, 11) is 0. The predicted octanol–water partition coefficient (Wildman–Crippen LogP) is 5.95. The first-order valence-corrected chi connectivity index (χ1v) is 9.40. The maximum absolute atomic E-state index is 10.8. The summed E-state index contributed by atoms with van der Waals surface area (Å²) in [5, 5.41) is 0. The van der Waals surface area contributed by atoms with Crippen LogP contribution in [0.3, 0.4) is 0 Å². The molecule has 1 heteroatoms. The minimum Gasteiger partial charge on any atom is -0.303 e. The van der Waals surface area contributed by atoms with Crippen molar-refractivity contribution in [1.82, 2.24) is 0 Å². The van der Waals surface area contributed by atoms with Crippen LogP contribution in [0.4, 0.5) is 0 Å². The summed E-state index contributed by atoms with van der Waals surface area (Å²) in [6.45, 7) is 10.5. The van der Waals surface area contributed by atoms with Crippen molar-refractivity contribution in [1.29, 1.82) is 0 Å². The smallest absolute Gasteiger partial charge is 0.124 e. The molecule has 0 N–H and O–H groups in total. The van der Waals surface area contributed by atoms with Crippen LogP contribution >= 0.6 is 0 Å². The van der Waals surface area contributed by atoms with Crippen LogP contribution in [0.5, 0.6) is 0 Å². The maximum atomic E-state index is 10.8. The molecule has 1 aliphatic carbocycles. The molecule has 3 rings (SSSR count). The van der Waals surface area contributed by atoms with Gasteiger partial charge in [0.25, 0.3) is 0 Å². The van der Waals surface area contributed by atoms with Crippen molar-refractivity contribution < 1.29 is 4.79 Å². The molecule has 132 valence electrons. The van der Waals surface area contributed by atoms with Gasteiger partial charge in [-0.1, -0.05) is 55.8 Å². The van der Waals surface area contributed by atoms with Gasteiger partial charge < -0.3 is 4.79 Å². The summed E-state index contributed by atoms with van der Waals surface area (Å²) in [4.78, 5) is 10.8. The first kappa shape index (κ1) is 19.2. The molecule has 25 heavy (non-hydrogen) atoms. The summed E-state index contributed by atoms with van der Waals surface area (Å²) in [6.07, 6.45) is 6.87. The van der Waals surface area contributed by atoms with Gasteiger partial charge in [0, 0.05) is 6.42 Å². The average Bonchev–Trinajstić information content (AvgIpc) is 2.98. The molecule has 0 radical (unpaired) electrons. The van der Waals surface area contributed by atoms with Crippen molar-refractivity contribution >= 4 is 11.9 Å². The highest BCUT2D eigenvalue weighted by molar-refractivity contribution is 5.82. The summed E-state index contributed by atoms with van der Waals surface area (Å²) < 4.78 is 0. The van der Waals surface area contributed by atoms with Crippen LogP contribution in [0.15, 0.2) is 36.4 Å². The average molecular weight is 335 g/mol. The zero-order valence-corrected chi connectivity index (χ0v) is 16.3. The van der Waals surface area contributed by atoms with Crippen LogP contribution in [0, 0.1) is 20.8 Å². The van der Waals surface area contributed by atoms with Gasteiger partial charge in [-0.3, -0.25) is 0 Å². The second-order valence-corrected chi connectivity index (χ2v) is 6.67. The molecule has 0 saturated heterocycles. The number of benzene rings is 2. The molecular formula is C24H30O. The molecule has 0 saturated carbocycles. The van der Waals surface area contributed by atoms with Gasteiger partial charge in [0.2, 0.25) is 0 Å². The lowest BCUT2D eigenvalue weighted by molar-refractivity contribution is -0.107. The monoisotopic (exact) mass is 334 g/mol. The number of carbonyl (C=O) groups is 1. The standard InChI is InChI=1S/C22H24O.C2H6/c1-15-4-5-18(16(2)12-15)6-8-20-14-21-9-7-19(10-11-23)22(21)13-17(20)3;1-2/h4-5,7,11-14H,6,8-10H2,1-3H3;1-2H3. The molecule has 0 aliphatic heterocycles. The molecule has 0 amide bonds. The van der Waals surface area contributed by atoms with Crippen molar-refractivity contribution in [2.75, 3.05) is 0 Å². The molecule has 0 fully saturated rings. The van der Waals surface area contributed by atoms with Crippen molar-refractivity contribution in [3.8, 4) is 0 Å². The lowest BCUT2D eigenvalue weighted by Gasteiger charge is -2.12. The number of allylic oxidation sites excluding steroid dienone is 2. The minimum atomic E-state index is 0.536. The van der Waals surface area contributed by atoms with Crippen molar-refractivity contribution in [3.05, 3.63) is 75.4 Å². The first-order valence-electron chi connectivity index (χ1n) is 9.40. The Morgan fingerprint density at radius 2 is 1.60 bits per heavy atom. The number of hydrogen-bond donors (Lipinski definition) is 0. The van der Waals surface area contributed by atoms with Crippen LogP contribution in [-0.2, 0) is 24.1 Å². The van der Waals surface area contributed by atoms with Gasteiger partial charge in [0.05, 0.1) is 0 Å². The topological polar surface area (TPSA) is 17.1 Å². The Hall–Kier alpha value is -2.15. The Labute approximate surface area is 152 Å². The zero-order valence-electron chi connectivity index (χ0n) is 16.3. The third kappa shape index (κ3) is 4.48. The Kier molecular flexibility index (Phi) is 6.75. The molecule has 0 atom stereocenters. The Balaban J connectivity index is 0.00000109. The van der Waals surface area contributed by atoms with E-state index in [2.05, 4.69) is 57.2 Å². The summed E-state index contributed by atoms with van der Waals surface area (Å²) >= 11 is 0. The van der Waals surface area contributed by atoms with Crippen molar-refractivity contribution in [3.63, 3.8) is 0 Å². The first-order chi connectivity index (χ1) is 12.1. The summed E-state index contributed by atoms with van der Waals surface area (Å²) in [5.41, 5.74) is 10.8. The Bertz CT molecular complexity index is 781. The summed E-state index contributed by atoms with van der Waals surface area (Å²) in [5.74, 6) is 0. The van der Waals surface area contributed by atoms with E-state index in [1.165, 1.54) is 44.5 Å². The Morgan fingerprint density at radius 3 is 2.28 bits per heavy atom. The van der Waals surface area contributed by atoms with Crippen molar-refractivity contribution in [2.45, 2.75) is 60.3 Å². The van der Waals surface area contributed by atoms with E-state index in [0.29, 0.717) is 6.42 Å². The fourth-order valence-electron chi connectivity index (χ4n) is 3.56. The van der Waals surface area contributed by atoms with Crippen LogP contribution in [0.25, 0.3) is 5.57 Å². The minimum absolute atomic E-state index is 0.536. The number of rotatable bonds is 5. The third-order valence-corrected chi connectivity index (χ3v) is 4.94. The highest BCUT2D eigenvalue weighted by atomic mass is 16.1. The van der Waals surface area contributed by atoms with E-state index in [9.17, 15) is 4.79 Å². The molecule has 1 aliphatic rings. The maximum Gasteiger partial charge on any atom is 0.124 e. The van der Waals surface area contributed by atoms with Crippen LogP contribution in [0.2, 0.25) is 0 Å². The van der Waals surface area contributed by atoms with Gasteiger partial charge >= 0.3 is 0 Å². The second kappa shape index (κ2) is 8.80. The third-order valence-electron chi connectivity index (χ3n) is 4.94. The second-order valence-electron chi connectivity index (χ2n) is 6.67. The molecule has 1 nitrogen and oxygen atoms in total. The van der Waals surface area contributed by atoms with Gasteiger partial charge in [0.1, 0.15) is 6.29 Å². The molecule has 0 bridgehead atoms. The van der Waals surface area contributed by atoms with Crippen LogP contribution < -0.4 is 0 Å². The largest absolute Gasteiger partial charge is 0.303 e. The zero-order chi connectivity index (χ0) is 18.4. The quantitative estimate of drug-likeness (QED) is 0.617. The van der Waals surface area contributed by atoms with Gasteiger partial charge in [-0.2, -0.15) is 0 Å². The van der Waals surface area contributed by atoms with E-state index in [-0.39, 0.29) is 0 Å². The van der Waals surface area contributed by atoms with E-state index in [1.807, 2.05) is 13.8 Å². The Morgan fingerprint density at radius 1 is 0.920 bits per heavy atom. The number of fused-ring (bicyclic) bond motifs is 1. The number of aldehydes is 1. The van der Waals surface area contributed by atoms with E-state index in [1.54, 1.807) is 0 Å². The molecule has 2 aromatic carbocycles. The van der Waals surface area contributed by atoms with E-state index < -0.39 is 0 Å². The molecule has 0 aromatic heterocycles. The number of carbonyl (C=O) groups excluding carboxylic acids is 1. The van der Waals surface area contributed by atoms with Gasteiger partial charge in [0.15, 0.2) is 0 Å². The molecule has 2 aromatic rings. The molecular weight excluding hydrogens is 304 g/mol. The van der Waals surface area contributed by atoms with Gasteiger partial charge in [-0.15, -0.1) is 0 Å². The normalized spacial score (nSPS) is 12.1. The SMILES string of the molecule is CC.Cc1ccc(CCc2cc3c(cc2C)C(CC=O)=CC3)c(C)c1. The lowest BCUT2D eigenvalue weighted by atomic mass is 9.93. The van der Waals surface area contributed by atoms with Gasteiger partial charge in [-0.25, -0.2) is 0 Å². The summed E-state index contributed by atoms with van der Waals surface area (Å²) in [6, 6.07) is 11.3.